The fourth-order valence-electron chi connectivity index (χ4n) is 3.43. The third-order valence-corrected chi connectivity index (χ3v) is 4.98. The number of nitrogens with zero attached hydrogens (tertiary/aromatic N) is 3. The van der Waals surface area contributed by atoms with E-state index in [0.717, 1.165) is 36.3 Å². The SMILES string of the molecule is Cc1cc(C)c(NC(=O)c2cc(C)nc(N3CCCC(C)C3)n2)c(Cl)c1. The number of nitrogens with one attached hydrogen (secondary N) is 1. The van der Waals surface area contributed by atoms with Gasteiger partial charge in [-0.25, -0.2) is 9.97 Å². The Balaban J connectivity index is 1.86. The van der Waals surface area contributed by atoms with Crippen molar-refractivity contribution in [1.29, 1.82) is 0 Å². The number of amides is 1. The molecule has 1 aromatic heterocycles. The van der Waals surface area contributed by atoms with Crippen molar-refractivity contribution in [2.45, 2.75) is 40.5 Å². The molecule has 6 heteroatoms. The first-order valence-corrected chi connectivity index (χ1v) is 9.40. The standard InChI is InChI=1S/C20H25ClN4O/c1-12-6-5-7-25(11-12)20-22-15(4)10-17(23-20)19(26)24-18-14(3)8-13(2)9-16(18)21/h8-10,12H,5-7,11H2,1-4H3,(H,24,26). The van der Waals surface area contributed by atoms with Gasteiger partial charge >= 0.3 is 0 Å². The van der Waals surface area contributed by atoms with Crippen LogP contribution in [0.15, 0.2) is 18.2 Å². The Labute approximate surface area is 159 Å². The fourth-order valence-corrected chi connectivity index (χ4v) is 3.80. The van der Waals surface area contributed by atoms with Gasteiger partial charge in [0.25, 0.3) is 5.91 Å². The Morgan fingerprint density at radius 2 is 2.00 bits per heavy atom. The average molecular weight is 373 g/mol. The van der Waals surface area contributed by atoms with Crippen LogP contribution >= 0.6 is 11.6 Å². The lowest BCUT2D eigenvalue weighted by molar-refractivity contribution is 0.102. The maximum Gasteiger partial charge on any atom is 0.274 e. The van der Waals surface area contributed by atoms with Gasteiger partial charge in [-0.2, -0.15) is 0 Å². The van der Waals surface area contributed by atoms with E-state index in [0.29, 0.717) is 28.3 Å². The van der Waals surface area contributed by atoms with Gasteiger partial charge in [-0.3, -0.25) is 4.79 Å². The summed E-state index contributed by atoms with van der Waals surface area (Å²) < 4.78 is 0. The van der Waals surface area contributed by atoms with E-state index in [-0.39, 0.29) is 5.91 Å². The van der Waals surface area contributed by atoms with Crippen LogP contribution in [0.1, 0.15) is 47.1 Å². The fraction of sp³-hybridized carbons (Fsp3) is 0.450. The van der Waals surface area contributed by atoms with E-state index in [1.165, 1.54) is 6.42 Å². The monoisotopic (exact) mass is 372 g/mol. The maximum absolute atomic E-state index is 12.8. The van der Waals surface area contributed by atoms with Gasteiger partial charge in [0.05, 0.1) is 10.7 Å². The molecule has 2 aromatic rings. The topological polar surface area (TPSA) is 58.1 Å². The first-order chi connectivity index (χ1) is 12.3. The van der Waals surface area contributed by atoms with Crippen LogP contribution in [0.2, 0.25) is 5.02 Å². The number of anilines is 2. The molecule has 5 nitrogen and oxygen atoms in total. The van der Waals surface area contributed by atoms with Gasteiger partial charge in [-0.15, -0.1) is 0 Å². The van der Waals surface area contributed by atoms with Gasteiger partial charge < -0.3 is 10.2 Å². The maximum atomic E-state index is 12.8. The highest BCUT2D eigenvalue weighted by molar-refractivity contribution is 6.34. The first-order valence-electron chi connectivity index (χ1n) is 9.02. The third kappa shape index (κ3) is 4.15. The van der Waals surface area contributed by atoms with Crippen LogP contribution in [0.4, 0.5) is 11.6 Å². The van der Waals surface area contributed by atoms with Gasteiger partial charge in [0, 0.05) is 18.8 Å². The summed E-state index contributed by atoms with van der Waals surface area (Å²) in [6, 6.07) is 5.55. The highest BCUT2D eigenvalue weighted by Crippen LogP contribution is 2.28. The summed E-state index contributed by atoms with van der Waals surface area (Å²) in [5, 5.41) is 3.44. The lowest BCUT2D eigenvalue weighted by atomic mass is 10.0. The number of aromatic nitrogens is 2. The van der Waals surface area contributed by atoms with Crippen molar-refractivity contribution >= 4 is 29.1 Å². The number of piperidine rings is 1. The number of benzene rings is 1. The lowest BCUT2D eigenvalue weighted by Crippen LogP contribution is -2.36. The van der Waals surface area contributed by atoms with Crippen molar-refractivity contribution in [1.82, 2.24) is 9.97 Å². The molecule has 1 N–H and O–H groups in total. The van der Waals surface area contributed by atoms with E-state index < -0.39 is 0 Å². The number of halogens is 1. The summed E-state index contributed by atoms with van der Waals surface area (Å²) in [7, 11) is 0. The van der Waals surface area contributed by atoms with Crippen molar-refractivity contribution in [2.24, 2.45) is 5.92 Å². The summed E-state index contributed by atoms with van der Waals surface area (Å²) in [6.45, 7) is 9.88. The van der Waals surface area contributed by atoms with Crippen LogP contribution in [0.25, 0.3) is 0 Å². The highest BCUT2D eigenvalue weighted by Gasteiger charge is 2.21. The van der Waals surface area contributed by atoms with Crippen LogP contribution in [-0.4, -0.2) is 29.0 Å². The Bertz CT molecular complexity index is 814. The molecule has 1 atom stereocenters. The molecule has 1 fully saturated rings. The molecule has 0 saturated carbocycles. The van der Waals surface area contributed by atoms with Crippen LogP contribution in [-0.2, 0) is 0 Å². The number of rotatable bonds is 3. The van der Waals surface area contributed by atoms with Gasteiger partial charge in [-0.05, 0) is 62.8 Å². The first kappa shape index (κ1) is 18.6. The molecule has 2 heterocycles. The molecule has 26 heavy (non-hydrogen) atoms. The second-order valence-electron chi connectivity index (χ2n) is 7.28. The number of hydrogen-bond donors (Lipinski definition) is 1. The van der Waals surface area contributed by atoms with E-state index in [9.17, 15) is 4.79 Å². The molecule has 1 aliphatic heterocycles. The number of carbonyl (C=O) groups is 1. The van der Waals surface area contributed by atoms with Crippen molar-refractivity contribution in [3.63, 3.8) is 0 Å². The Morgan fingerprint density at radius 1 is 1.23 bits per heavy atom. The van der Waals surface area contributed by atoms with Gasteiger partial charge in [-0.1, -0.05) is 24.6 Å². The predicted octanol–water partition coefficient (Wildman–Crippen LogP) is 4.54. The number of aryl methyl sites for hydroxylation is 3. The molecule has 0 radical (unpaired) electrons. The second kappa shape index (κ2) is 7.62. The van der Waals surface area contributed by atoms with E-state index >= 15 is 0 Å². The number of hydrogen-bond acceptors (Lipinski definition) is 4. The summed E-state index contributed by atoms with van der Waals surface area (Å²) in [4.78, 5) is 24.0. The van der Waals surface area contributed by atoms with E-state index in [1.807, 2.05) is 32.9 Å². The van der Waals surface area contributed by atoms with E-state index in [4.69, 9.17) is 11.6 Å². The van der Waals surface area contributed by atoms with Gasteiger partial charge in [0.15, 0.2) is 0 Å². The molecule has 1 amide bonds. The predicted molar refractivity (Wildman–Crippen MR) is 106 cm³/mol. The average Bonchev–Trinajstić information content (AvgIpc) is 2.57. The molecular weight excluding hydrogens is 348 g/mol. The molecule has 1 unspecified atom stereocenters. The lowest BCUT2D eigenvalue weighted by Gasteiger charge is -2.31. The molecule has 138 valence electrons. The van der Waals surface area contributed by atoms with E-state index in [1.54, 1.807) is 6.07 Å². The smallest absolute Gasteiger partial charge is 0.274 e. The Hall–Kier alpha value is -2.14. The second-order valence-corrected chi connectivity index (χ2v) is 7.69. The summed E-state index contributed by atoms with van der Waals surface area (Å²) in [5.41, 5.74) is 3.77. The van der Waals surface area contributed by atoms with Crippen LogP contribution < -0.4 is 10.2 Å². The zero-order chi connectivity index (χ0) is 18.8. The molecule has 1 aliphatic rings. The zero-order valence-corrected chi connectivity index (χ0v) is 16.5. The zero-order valence-electron chi connectivity index (χ0n) is 15.8. The highest BCUT2D eigenvalue weighted by atomic mass is 35.5. The van der Waals surface area contributed by atoms with Crippen LogP contribution in [0.5, 0.6) is 0 Å². The third-order valence-electron chi connectivity index (χ3n) is 4.69. The van der Waals surface area contributed by atoms with Crippen molar-refractivity contribution in [3.8, 4) is 0 Å². The molecule has 1 saturated heterocycles. The molecule has 3 rings (SSSR count). The normalized spacial score (nSPS) is 17.3. The minimum absolute atomic E-state index is 0.268. The van der Waals surface area contributed by atoms with Crippen LogP contribution in [0, 0.1) is 26.7 Å². The molecule has 0 aliphatic carbocycles. The van der Waals surface area contributed by atoms with Crippen molar-refractivity contribution in [3.05, 3.63) is 45.7 Å². The van der Waals surface area contributed by atoms with Crippen molar-refractivity contribution in [2.75, 3.05) is 23.3 Å². The molecular formula is C20H25ClN4O. The summed E-state index contributed by atoms with van der Waals surface area (Å²) >= 11 is 6.31. The van der Waals surface area contributed by atoms with E-state index in [2.05, 4.69) is 27.1 Å². The Kier molecular flexibility index (Phi) is 5.47. The van der Waals surface area contributed by atoms with Gasteiger partial charge in [0.1, 0.15) is 5.69 Å². The molecule has 1 aromatic carbocycles. The minimum atomic E-state index is -0.268. The minimum Gasteiger partial charge on any atom is -0.341 e. The largest absolute Gasteiger partial charge is 0.341 e. The number of carbonyl (C=O) groups excluding carboxylic acids is 1. The van der Waals surface area contributed by atoms with Crippen molar-refractivity contribution < 1.29 is 4.79 Å². The summed E-state index contributed by atoms with van der Waals surface area (Å²) in [5.74, 6) is 0.975. The Morgan fingerprint density at radius 3 is 2.69 bits per heavy atom. The summed E-state index contributed by atoms with van der Waals surface area (Å²) in [6.07, 6.45) is 2.35. The van der Waals surface area contributed by atoms with Gasteiger partial charge in [0.2, 0.25) is 5.95 Å². The molecule has 0 bridgehead atoms. The quantitative estimate of drug-likeness (QED) is 0.859. The van der Waals surface area contributed by atoms with Crippen LogP contribution in [0.3, 0.4) is 0 Å². The molecule has 0 spiro atoms.